The predicted octanol–water partition coefficient (Wildman–Crippen LogP) is 3.56. The Bertz CT molecular complexity index is 287. The summed E-state index contributed by atoms with van der Waals surface area (Å²) >= 11 is 0. The summed E-state index contributed by atoms with van der Waals surface area (Å²) in [6, 6.07) is 4.88. The van der Waals surface area contributed by atoms with E-state index in [4.69, 9.17) is 5.73 Å². The highest BCUT2D eigenvalue weighted by atomic mass is 19.1. The molecule has 0 saturated carbocycles. The van der Waals surface area contributed by atoms with E-state index >= 15 is 0 Å². The van der Waals surface area contributed by atoms with Gasteiger partial charge in [-0.25, -0.2) is 4.39 Å². The minimum absolute atomic E-state index is 0.182. The Morgan fingerprint density at radius 2 is 1.93 bits per heavy atom. The van der Waals surface area contributed by atoms with Crippen LogP contribution in [0.1, 0.15) is 38.7 Å². The smallest absolute Gasteiger partial charge is 0.128 e. The molecule has 0 bridgehead atoms. The standard InChI is InChI=1S/C12H18FN/c1-8(2)7-9(3)12-10(13)5-4-6-11(12)14/h4-6,8-9H,7,14H2,1-3H3. The van der Waals surface area contributed by atoms with E-state index < -0.39 is 0 Å². The number of hydrogen-bond acceptors (Lipinski definition) is 1. The third-order valence-corrected chi connectivity index (χ3v) is 2.40. The van der Waals surface area contributed by atoms with Gasteiger partial charge in [0.25, 0.3) is 0 Å². The summed E-state index contributed by atoms with van der Waals surface area (Å²) in [5, 5.41) is 0. The van der Waals surface area contributed by atoms with Crippen LogP contribution in [0.3, 0.4) is 0 Å². The van der Waals surface area contributed by atoms with Gasteiger partial charge >= 0.3 is 0 Å². The maximum absolute atomic E-state index is 13.5. The fraction of sp³-hybridized carbons (Fsp3) is 0.500. The third-order valence-electron chi connectivity index (χ3n) is 2.40. The van der Waals surface area contributed by atoms with Gasteiger partial charge < -0.3 is 5.73 Å². The lowest BCUT2D eigenvalue weighted by molar-refractivity contribution is 0.503. The monoisotopic (exact) mass is 195 g/mol. The van der Waals surface area contributed by atoms with E-state index in [2.05, 4.69) is 13.8 Å². The molecule has 0 spiro atoms. The van der Waals surface area contributed by atoms with Crippen molar-refractivity contribution in [2.45, 2.75) is 33.1 Å². The molecule has 78 valence electrons. The Balaban J connectivity index is 2.94. The second kappa shape index (κ2) is 4.45. The fourth-order valence-corrected chi connectivity index (χ4v) is 1.90. The number of nitrogens with two attached hydrogens (primary N) is 1. The first-order valence-corrected chi connectivity index (χ1v) is 5.06. The summed E-state index contributed by atoms with van der Waals surface area (Å²) in [7, 11) is 0. The van der Waals surface area contributed by atoms with Crippen molar-refractivity contribution < 1.29 is 4.39 Å². The zero-order chi connectivity index (χ0) is 10.7. The highest BCUT2D eigenvalue weighted by Crippen LogP contribution is 2.29. The molecular formula is C12H18FN. The first-order chi connectivity index (χ1) is 6.52. The summed E-state index contributed by atoms with van der Waals surface area (Å²) in [5.74, 6) is 0.568. The van der Waals surface area contributed by atoms with Crippen molar-refractivity contribution in [1.29, 1.82) is 0 Å². The van der Waals surface area contributed by atoms with Gasteiger partial charge in [-0.3, -0.25) is 0 Å². The van der Waals surface area contributed by atoms with Gasteiger partial charge in [-0.15, -0.1) is 0 Å². The summed E-state index contributed by atoms with van der Waals surface area (Å²) in [4.78, 5) is 0. The topological polar surface area (TPSA) is 26.0 Å². The molecular weight excluding hydrogens is 177 g/mol. The molecule has 2 heteroatoms. The van der Waals surface area contributed by atoms with E-state index in [0.717, 1.165) is 6.42 Å². The molecule has 1 rings (SSSR count). The number of benzene rings is 1. The summed E-state index contributed by atoms with van der Waals surface area (Å²) in [6.07, 6.45) is 0.963. The SMILES string of the molecule is CC(C)CC(C)c1c(N)cccc1F. The molecule has 2 N–H and O–H groups in total. The van der Waals surface area contributed by atoms with Crippen LogP contribution in [0, 0.1) is 11.7 Å². The maximum atomic E-state index is 13.5. The Labute approximate surface area is 85.1 Å². The van der Waals surface area contributed by atoms with Gasteiger partial charge in [-0.05, 0) is 30.4 Å². The van der Waals surface area contributed by atoms with Crippen molar-refractivity contribution in [3.8, 4) is 0 Å². The van der Waals surface area contributed by atoms with Crippen molar-refractivity contribution in [2.24, 2.45) is 5.92 Å². The average Bonchev–Trinajstić information content (AvgIpc) is 2.01. The zero-order valence-electron chi connectivity index (χ0n) is 9.05. The largest absolute Gasteiger partial charge is 0.398 e. The van der Waals surface area contributed by atoms with E-state index in [1.165, 1.54) is 6.07 Å². The second-order valence-corrected chi connectivity index (χ2v) is 4.27. The molecule has 1 unspecified atom stereocenters. The second-order valence-electron chi connectivity index (χ2n) is 4.27. The number of halogens is 1. The van der Waals surface area contributed by atoms with Crippen LogP contribution in [0.2, 0.25) is 0 Å². The van der Waals surface area contributed by atoms with E-state index in [9.17, 15) is 4.39 Å². The van der Waals surface area contributed by atoms with Gasteiger partial charge in [0.2, 0.25) is 0 Å². The molecule has 0 radical (unpaired) electrons. The van der Waals surface area contributed by atoms with Gasteiger partial charge in [-0.1, -0.05) is 26.8 Å². The molecule has 1 aromatic carbocycles. The molecule has 0 aliphatic carbocycles. The third kappa shape index (κ3) is 2.47. The van der Waals surface area contributed by atoms with Crippen LogP contribution in [0.5, 0.6) is 0 Å². The molecule has 0 aliphatic heterocycles. The van der Waals surface area contributed by atoms with Crippen molar-refractivity contribution in [3.63, 3.8) is 0 Å². The van der Waals surface area contributed by atoms with Crippen molar-refractivity contribution >= 4 is 5.69 Å². The Kier molecular flexibility index (Phi) is 3.50. The number of hydrogen-bond donors (Lipinski definition) is 1. The average molecular weight is 195 g/mol. The van der Waals surface area contributed by atoms with Crippen LogP contribution in [0.25, 0.3) is 0 Å². The quantitative estimate of drug-likeness (QED) is 0.733. The van der Waals surface area contributed by atoms with Crippen molar-refractivity contribution in [3.05, 3.63) is 29.6 Å². The number of rotatable bonds is 3. The minimum Gasteiger partial charge on any atom is -0.398 e. The Hall–Kier alpha value is -1.05. The van der Waals surface area contributed by atoms with Gasteiger partial charge in [0.15, 0.2) is 0 Å². The summed E-state index contributed by atoms with van der Waals surface area (Å²) in [6.45, 7) is 6.29. The molecule has 0 aromatic heterocycles. The van der Waals surface area contributed by atoms with E-state index in [-0.39, 0.29) is 11.7 Å². The first-order valence-electron chi connectivity index (χ1n) is 5.06. The van der Waals surface area contributed by atoms with Gasteiger partial charge in [0, 0.05) is 11.3 Å². The highest BCUT2D eigenvalue weighted by Gasteiger charge is 2.14. The Morgan fingerprint density at radius 1 is 1.29 bits per heavy atom. The molecule has 1 nitrogen and oxygen atoms in total. The maximum Gasteiger partial charge on any atom is 0.128 e. The minimum atomic E-state index is -0.182. The van der Waals surface area contributed by atoms with Crippen LogP contribution in [-0.2, 0) is 0 Å². The lowest BCUT2D eigenvalue weighted by atomic mass is 9.90. The van der Waals surface area contributed by atoms with E-state index in [0.29, 0.717) is 17.2 Å². The molecule has 0 heterocycles. The van der Waals surface area contributed by atoms with E-state index in [1.807, 2.05) is 6.92 Å². The lowest BCUT2D eigenvalue weighted by Crippen LogP contribution is -2.05. The van der Waals surface area contributed by atoms with Gasteiger partial charge in [-0.2, -0.15) is 0 Å². The summed E-state index contributed by atoms with van der Waals surface area (Å²) < 4.78 is 13.5. The van der Waals surface area contributed by atoms with Crippen LogP contribution in [0.4, 0.5) is 10.1 Å². The fourth-order valence-electron chi connectivity index (χ4n) is 1.90. The normalized spacial score (nSPS) is 13.2. The van der Waals surface area contributed by atoms with Crippen LogP contribution >= 0.6 is 0 Å². The molecule has 0 saturated heterocycles. The molecule has 0 amide bonds. The molecule has 1 aromatic rings. The zero-order valence-corrected chi connectivity index (χ0v) is 9.05. The van der Waals surface area contributed by atoms with Gasteiger partial charge in [0.05, 0.1) is 0 Å². The number of nitrogen functional groups attached to an aromatic ring is 1. The van der Waals surface area contributed by atoms with Crippen LogP contribution < -0.4 is 5.73 Å². The Morgan fingerprint density at radius 3 is 2.43 bits per heavy atom. The van der Waals surface area contributed by atoms with Crippen molar-refractivity contribution in [2.75, 3.05) is 5.73 Å². The van der Waals surface area contributed by atoms with E-state index in [1.54, 1.807) is 12.1 Å². The summed E-state index contributed by atoms with van der Waals surface area (Å²) in [5.41, 5.74) is 6.99. The highest BCUT2D eigenvalue weighted by molar-refractivity contribution is 5.49. The lowest BCUT2D eigenvalue weighted by Gasteiger charge is -2.16. The number of anilines is 1. The van der Waals surface area contributed by atoms with Crippen molar-refractivity contribution in [1.82, 2.24) is 0 Å². The first kappa shape index (κ1) is 11.0. The predicted molar refractivity (Wildman–Crippen MR) is 58.7 cm³/mol. The molecule has 0 fully saturated rings. The molecule has 0 aliphatic rings. The molecule has 1 atom stereocenters. The van der Waals surface area contributed by atoms with Crippen LogP contribution in [-0.4, -0.2) is 0 Å². The molecule has 14 heavy (non-hydrogen) atoms. The van der Waals surface area contributed by atoms with Gasteiger partial charge in [0.1, 0.15) is 5.82 Å². The van der Waals surface area contributed by atoms with Crippen LogP contribution in [0.15, 0.2) is 18.2 Å².